The third kappa shape index (κ3) is 5.47. The summed E-state index contributed by atoms with van der Waals surface area (Å²) in [5, 5.41) is 15.7. The molecule has 2 aromatic rings. The Morgan fingerprint density at radius 3 is 2.14 bits per heavy atom. The number of hydrogen-bond donors (Lipinski definition) is 4. The molecule has 2 rings (SSSR count). The van der Waals surface area contributed by atoms with Gasteiger partial charge in [-0.05, 0) is 48.0 Å². The number of nitrogens with one attached hydrogen (secondary N) is 3. The number of non-ortho nitro benzene ring substituents is 1. The van der Waals surface area contributed by atoms with Crippen LogP contribution < -0.4 is 21.9 Å². The van der Waals surface area contributed by atoms with Gasteiger partial charge >= 0.3 is 0 Å². The Bertz CT molecular complexity index is 936. The first-order chi connectivity index (χ1) is 13.3. The molecule has 0 aromatic heterocycles. The first-order valence-corrected chi connectivity index (χ1v) is 7.96. The van der Waals surface area contributed by atoms with E-state index >= 15 is 0 Å². The predicted octanol–water partition coefficient (Wildman–Crippen LogP) is 1.31. The normalized spacial score (nSPS) is 10.7. The van der Waals surface area contributed by atoms with Crippen LogP contribution in [0.3, 0.4) is 0 Å². The molecule has 0 fully saturated rings. The minimum atomic E-state index is -0.749. The summed E-state index contributed by atoms with van der Waals surface area (Å²) in [6.45, 7) is 1.36. The van der Waals surface area contributed by atoms with Crippen molar-refractivity contribution in [1.29, 1.82) is 0 Å². The molecule has 0 atom stereocenters. The number of nitro groups is 1. The van der Waals surface area contributed by atoms with Crippen LogP contribution in [0.4, 0.5) is 11.4 Å². The molecule has 5 N–H and O–H groups in total. The number of anilines is 1. The Kier molecular flexibility index (Phi) is 6.55. The Labute approximate surface area is 159 Å². The first-order valence-electron chi connectivity index (χ1n) is 7.96. The maximum Gasteiger partial charge on any atom is 0.281 e. The highest BCUT2D eigenvalue weighted by Crippen LogP contribution is 2.15. The number of hydrazine groups is 1. The second-order valence-electron chi connectivity index (χ2n) is 5.59. The monoisotopic (exact) mass is 383 g/mol. The molecule has 28 heavy (non-hydrogen) atoms. The molecule has 0 aliphatic carbocycles. The highest BCUT2D eigenvalue weighted by Gasteiger charge is 2.14. The summed E-state index contributed by atoms with van der Waals surface area (Å²) in [5.74, 6) is 3.58. The summed E-state index contributed by atoms with van der Waals surface area (Å²) in [5.41, 5.74) is 2.88. The van der Waals surface area contributed by atoms with Gasteiger partial charge in [-0.25, -0.2) is 5.84 Å². The summed E-state index contributed by atoms with van der Waals surface area (Å²) in [6, 6.07) is 11.4. The number of nitrogens with two attached hydrogens (primary N) is 1. The van der Waals surface area contributed by atoms with E-state index in [1.54, 1.807) is 12.1 Å². The molecule has 10 heteroatoms. The Morgan fingerprint density at radius 2 is 1.64 bits per heavy atom. The average Bonchev–Trinajstić information content (AvgIpc) is 2.67. The highest BCUT2D eigenvalue weighted by molar-refractivity contribution is 6.05. The number of rotatable bonds is 6. The number of carbonyl (C=O) groups is 3. The molecule has 0 spiro atoms. The maximum absolute atomic E-state index is 12.4. The van der Waals surface area contributed by atoms with Gasteiger partial charge in [-0.1, -0.05) is 0 Å². The van der Waals surface area contributed by atoms with Crippen LogP contribution in [0.1, 0.15) is 22.8 Å². The van der Waals surface area contributed by atoms with Crippen LogP contribution in [0.2, 0.25) is 0 Å². The summed E-state index contributed by atoms with van der Waals surface area (Å²) in [7, 11) is 0. The lowest BCUT2D eigenvalue weighted by Crippen LogP contribution is -2.38. The topological polar surface area (TPSA) is 156 Å². The van der Waals surface area contributed by atoms with Gasteiger partial charge in [0, 0.05) is 30.3 Å². The van der Waals surface area contributed by atoms with Gasteiger partial charge in [-0.2, -0.15) is 0 Å². The molecular formula is C18H17N5O5. The van der Waals surface area contributed by atoms with Crippen molar-refractivity contribution in [2.75, 3.05) is 5.32 Å². The molecule has 0 aliphatic rings. The van der Waals surface area contributed by atoms with Crippen LogP contribution in [0, 0.1) is 10.1 Å². The molecular weight excluding hydrogens is 366 g/mol. The van der Waals surface area contributed by atoms with Gasteiger partial charge in [0.15, 0.2) is 0 Å². The van der Waals surface area contributed by atoms with E-state index in [0.29, 0.717) is 11.3 Å². The standard InChI is InChI=1S/C18H17N5O5/c1-11(24)20-14-6-4-13(5-7-14)17(25)21-16(18(26)22-19)10-12-2-8-15(9-3-12)23(27)28/h2-10H,19H2,1H3,(H,20,24)(H,21,25)(H,22,26)/b16-10-. The van der Waals surface area contributed by atoms with Crippen molar-refractivity contribution in [3.8, 4) is 0 Å². The van der Waals surface area contributed by atoms with Crippen LogP contribution >= 0.6 is 0 Å². The molecule has 144 valence electrons. The summed E-state index contributed by atoms with van der Waals surface area (Å²) < 4.78 is 0. The van der Waals surface area contributed by atoms with Crippen molar-refractivity contribution in [3.63, 3.8) is 0 Å². The van der Waals surface area contributed by atoms with Crippen molar-refractivity contribution in [3.05, 3.63) is 75.5 Å². The van der Waals surface area contributed by atoms with E-state index in [-0.39, 0.29) is 22.9 Å². The van der Waals surface area contributed by atoms with Crippen LogP contribution in [-0.4, -0.2) is 22.6 Å². The number of hydrogen-bond acceptors (Lipinski definition) is 6. The number of carbonyl (C=O) groups excluding carboxylic acids is 3. The third-order valence-electron chi connectivity index (χ3n) is 3.51. The predicted molar refractivity (Wildman–Crippen MR) is 102 cm³/mol. The summed E-state index contributed by atoms with van der Waals surface area (Å²) >= 11 is 0. The van der Waals surface area contributed by atoms with E-state index in [0.717, 1.165) is 0 Å². The number of amides is 3. The molecule has 0 saturated heterocycles. The van der Waals surface area contributed by atoms with Gasteiger partial charge in [0.1, 0.15) is 5.70 Å². The van der Waals surface area contributed by atoms with E-state index in [2.05, 4.69) is 10.6 Å². The van der Waals surface area contributed by atoms with Gasteiger partial charge in [0.25, 0.3) is 17.5 Å². The molecule has 2 aromatic carbocycles. The van der Waals surface area contributed by atoms with Crippen LogP contribution in [-0.2, 0) is 9.59 Å². The second-order valence-corrected chi connectivity index (χ2v) is 5.59. The van der Waals surface area contributed by atoms with E-state index in [1.165, 1.54) is 49.4 Å². The van der Waals surface area contributed by atoms with Gasteiger partial charge < -0.3 is 10.6 Å². The molecule has 10 nitrogen and oxygen atoms in total. The summed E-state index contributed by atoms with van der Waals surface area (Å²) in [4.78, 5) is 45.5. The SMILES string of the molecule is CC(=O)Nc1ccc(C(=O)N/C(=C\c2ccc([N+](=O)[O-])cc2)C(=O)NN)cc1. The Balaban J connectivity index is 2.21. The molecule has 0 saturated carbocycles. The molecule has 0 bridgehead atoms. The zero-order valence-electron chi connectivity index (χ0n) is 14.8. The smallest absolute Gasteiger partial charge is 0.281 e. The molecule has 3 amide bonds. The largest absolute Gasteiger partial charge is 0.326 e. The molecule has 0 aliphatic heterocycles. The fraction of sp³-hybridized carbons (Fsp3) is 0.0556. The van der Waals surface area contributed by atoms with Gasteiger partial charge in [-0.3, -0.25) is 29.9 Å². The molecule has 0 heterocycles. The van der Waals surface area contributed by atoms with Crippen molar-refractivity contribution < 1.29 is 19.3 Å². The quantitative estimate of drug-likeness (QED) is 0.194. The van der Waals surface area contributed by atoms with Gasteiger partial charge in [0.2, 0.25) is 5.91 Å². The lowest BCUT2D eigenvalue weighted by atomic mass is 10.1. The van der Waals surface area contributed by atoms with Crippen LogP contribution in [0.25, 0.3) is 6.08 Å². The van der Waals surface area contributed by atoms with Gasteiger partial charge in [0.05, 0.1) is 4.92 Å². The molecule has 0 radical (unpaired) electrons. The van der Waals surface area contributed by atoms with E-state index in [1.807, 2.05) is 5.43 Å². The van der Waals surface area contributed by atoms with Crippen molar-refractivity contribution in [1.82, 2.24) is 10.7 Å². The van der Waals surface area contributed by atoms with Crippen LogP contribution in [0.15, 0.2) is 54.2 Å². The fourth-order valence-corrected chi connectivity index (χ4v) is 2.20. The fourth-order valence-electron chi connectivity index (χ4n) is 2.20. The number of nitrogens with zero attached hydrogens (tertiary/aromatic N) is 1. The zero-order valence-corrected chi connectivity index (χ0v) is 14.8. The Hall–Kier alpha value is -4.05. The van der Waals surface area contributed by atoms with Crippen molar-refractivity contribution in [2.24, 2.45) is 5.84 Å². The Morgan fingerprint density at radius 1 is 1.04 bits per heavy atom. The van der Waals surface area contributed by atoms with Gasteiger partial charge in [-0.15, -0.1) is 0 Å². The maximum atomic E-state index is 12.4. The second kappa shape index (κ2) is 9.05. The van der Waals surface area contributed by atoms with E-state index in [9.17, 15) is 24.5 Å². The lowest BCUT2D eigenvalue weighted by molar-refractivity contribution is -0.384. The average molecular weight is 383 g/mol. The number of benzene rings is 2. The highest BCUT2D eigenvalue weighted by atomic mass is 16.6. The number of nitro benzene ring substituents is 1. The minimum Gasteiger partial charge on any atom is -0.326 e. The first kappa shape index (κ1) is 20.3. The lowest BCUT2D eigenvalue weighted by Gasteiger charge is -2.09. The third-order valence-corrected chi connectivity index (χ3v) is 3.51. The van der Waals surface area contributed by atoms with Crippen molar-refractivity contribution >= 4 is 35.2 Å². The van der Waals surface area contributed by atoms with E-state index < -0.39 is 16.7 Å². The van der Waals surface area contributed by atoms with Crippen molar-refractivity contribution in [2.45, 2.75) is 6.92 Å². The van der Waals surface area contributed by atoms with E-state index in [4.69, 9.17) is 5.84 Å². The zero-order chi connectivity index (χ0) is 20.7. The molecule has 0 unspecified atom stereocenters. The summed E-state index contributed by atoms with van der Waals surface area (Å²) in [6.07, 6.45) is 1.33. The minimum absolute atomic E-state index is 0.106. The van der Waals surface area contributed by atoms with Crippen LogP contribution in [0.5, 0.6) is 0 Å².